The molecule has 2 aliphatic rings. The van der Waals surface area contributed by atoms with Gasteiger partial charge in [-0.2, -0.15) is 0 Å². The highest BCUT2D eigenvalue weighted by molar-refractivity contribution is 5.96. The Morgan fingerprint density at radius 2 is 1.23 bits per heavy atom. The van der Waals surface area contributed by atoms with Crippen LogP contribution in [0.1, 0.15) is 178 Å². The molecule has 2 aliphatic carbocycles. The number of hydrogen-bond donors (Lipinski definition) is 0. The van der Waals surface area contributed by atoms with Gasteiger partial charge in [0.2, 0.25) is 0 Å². The Balaban J connectivity index is 0.000000260. The van der Waals surface area contributed by atoms with Crippen LogP contribution in [0.25, 0.3) is 50.1 Å². The van der Waals surface area contributed by atoms with Crippen LogP contribution >= 0.6 is 0 Å². The zero-order valence-electron chi connectivity index (χ0n) is 46.2. The molecule has 1 unspecified atom stereocenters. The largest absolute Gasteiger partial charge is 0.0990 e. The van der Waals surface area contributed by atoms with Gasteiger partial charge in [-0.05, 0) is 178 Å². The van der Waals surface area contributed by atoms with E-state index in [0.29, 0.717) is 5.92 Å². The number of unbranched alkanes of at least 4 members (excludes halogenated alkanes) is 3. The number of aryl methyl sites for hydroxylation is 2. The Hall–Kier alpha value is -6.50. The number of hydrogen-bond acceptors (Lipinski definition) is 0. The molecule has 0 N–H and O–H groups in total. The number of fused-ring (bicyclic) bond motifs is 4. The van der Waals surface area contributed by atoms with Crippen LogP contribution in [-0.2, 0) is 17.3 Å². The lowest BCUT2D eigenvalue weighted by Crippen LogP contribution is -2.17. The SMILES string of the molecule is C.C=C/C=C1\C(=C/C)C(C)(C)c2cc3c(cc21)C(C)(C)c1cc(/C(C=C)=C/C)c(-c2ccc(C)cc2)cc1-3.CC.CCC/C=C(\C)c1ccc(-c2ccc(CCC(/C=C\CCCC)c3ccccc3)cc2)cc1. The summed E-state index contributed by atoms with van der Waals surface area (Å²) in [6.07, 6.45) is 26.0. The molecular formula is C73H88. The summed E-state index contributed by atoms with van der Waals surface area (Å²) in [4.78, 5) is 0. The van der Waals surface area contributed by atoms with E-state index >= 15 is 0 Å². The van der Waals surface area contributed by atoms with Gasteiger partial charge in [-0.1, -0.05) is 253 Å². The fraction of sp³-hybridized carbons (Fsp3) is 0.315. The maximum atomic E-state index is 4.14. The average molecular weight is 966 g/mol. The molecule has 0 amide bonds. The monoisotopic (exact) mass is 965 g/mol. The van der Waals surface area contributed by atoms with Gasteiger partial charge in [-0.3, -0.25) is 0 Å². The van der Waals surface area contributed by atoms with Crippen LogP contribution in [0.5, 0.6) is 0 Å². The van der Waals surface area contributed by atoms with E-state index in [1.165, 1.54) is 131 Å². The fourth-order valence-corrected chi connectivity index (χ4v) is 10.8. The van der Waals surface area contributed by atoms with Crippen molar-refractivity contribution in [3.8, 4) is 33.4 Å². The predicted octanol–water partition coefficient (Wildman–Crippen LogP) is 22.0. The summed E-state index contributed by atoms with van der Waals surface area (Å²) in [5, 5.41) is 0. The van der Waals surface area contributed by atoms with Gasteiger partial charge in [-0.15, -0.1) is 0 Å². The van der Waals surface area contributed by atoms with Crippen LogP contribution in [0.3, 0.4) is 0 Å². The summed E-state index contributed by atoms with van der Waals surface area (Å²) in [7, 11) is 0. The first-order valence-corrected chi connectivity index (χ1v) is 27.1. The van der Waals surface area contributed by atoms with Crippen molar-refractivity contribution < 1.29 is 0 Å². The van der Waals surface area contributed by atoms with E-state index in [0.717, 1.165) is 19.3 Å². The van der Waals surface area contributed by atoms with Gasteiger partial charge in [0, 0.05) is 16.7 Å². The molecule has 380 valence electrons. The van der Waals surface area contributed by atoms with Gasteiger partial charge in [0.1, 0.15) is 0 Å². The van der Waals surface area contributed by atoms with E-state index in [9.17, 15) is 0 Å². The lowest BCUT2D eigenvalue weighted by molar-refractivity contribution is 0.650. The van der Waals surface area contributed by atoms with E-state index in [-0.39, 0.29) is 18.3 Å². The molecule has 0 heteroatoms. The zero-order chi connectivity index (χ0) is 52.0. The zero-order valence-corrected chi connectivity index (χ0v) is 46.2. The molecule has 73 heavy (non-hydrogen) atoms. The average Bonchev–Trinajstić information content (AvgIpc) is 3.75. The van der Waals surface area contributed by atoms with Crippen molar-refractivity contribution in [3.63, 3.8) is 0 Å². The second-order valence-corrected chi connectivity index (χ2v) is 20.5. The van der Waals surface area contributed by atoms with Gasteiger partial charge >= 0.3 is 0 Å². The summed E-state index contributed by atoms with van der Waals surface area (Å²) >= 11 is 0. The van der Waals surface area contributed by atoms with E-state index in [1.807, 2.05) is 26.0 Å². The predicted molar refractivity (Wildman–Crippen MR) is 328 cm³/mol. The highest BCUT2D eigenvalue weighted by atomic mass is 14.5. The van der Waals surface area contributed by atoms with E-state index in [4.69, 9.17) is 0 Å². The molecule has 0 radical (unpaired) electrons. The van der Waals surface area contributed by atoms with Crippen LogP contribution in [0.15, 0.2) is 195 Å². The Bertz CT molecular complexity index is 2930. The molecule has 0 heterocycles. The highest BCUT2D eigenvalue weighted by Gasteiger charge is 2.43. The molecule has 0 nitrogen and oxygen atoms in total. The molecule has 8 rings (SSSR count). The Labute approximate surface area is 444 Å². The van der Waals surface area contributed by atoms with Crippen LogP contribution in [0, 0.1) is 6.92 Å². The fourth-order valence-electron chi connectivity index (χ4n) is 10.8. The molecule has 0 saturated heterocycles. The van der Waals surface area contributed by atoms with Crippen molar-refractivity contribution in [2.75, 3.05) is 0 Å². The minimum absolute atomic E-state index is 0. The Kier molecular flexibility index (Phi) is 20.8. The van der Waals surface area contributed by atoms with Crippen molar-refractivity contribution in [2.45, 2.75) is 152 Å². The molecular weight excluding hydrogens is 877 g/mol. The number of benzene rings is 6. The van der Waals surface area contributed by atoms with Gasteiger partial charge < -0.3 is 0 Å². The molecule has 0 fully saturated rings. The smallest absolute Gasteiger partial charge is 0.0159 e. The van der Waals surface area contributed by atoms with Gasteiger partial charge in [0.05, 0.1) is 0 Å². The van der Waals surface area contributed by atoms with Gasteiger partial charge in [0.15, 0.2) is 0 Å². The topological polar surface area (TPSA) is 0 Å². The van der Waals surface area contributed by atoms with E-state index < -0.39 is 0 Å². The number of rotatable bonds is 16. The first kappa shape index (κ1) is 57.4. The minimum Gasteiger partial charge on any atom is -0.0990 e. The summed E-state index contributed by atoms with van der Waals surface area (Å²) < 4.78 is 0. The highest BCUT2D eigenvalue weighted by Crippen LogP contribution is 2.57. The van der Waals surface area contributed by atoms with Crippen LogP contribution in [-0.4, -0.2) is 0 Å². The quantitative estimate of drug-likeness (QED) is 0.0515. The molecule has 6 aromatic rings. The first-order chi connectivity index (χ1) is 34.8. The maximum absolute atomic E-state index is 4.14. The van der Waals surface area contributed by atoms with Crippen molar-refractivity contribution in [1.82, 2.24) is 0 Å². The van der Waals surface area contributed by atoms with Crippen molar-refractivity contribution >= 4 is 16.7 Å². The van der Waals surface area contributed by atoms with Crippen molar-refractivity contribution in [1.29, 1.82) is 0 Å². The van der Waals surface area contributed by atoms with Crippen LogP contribution in [0.4, 0.5) is 0 Å². The molecule has 0 aliphatic heterocycles. The second-order valence-electron chi connectivity index (χ2n) is 20.5. The molecule has 0 bridgehead atoms. The molecule has 0 saturated carbocycles. The maximum Gasteiger partial charge on any atom is 0.0159 e. The molecule has 1 atom stereocenters. The summed E-state index contributed by atoms with van der Waals surface area (Å²) in [6, 6.07) is 47.8. The number of allylic oxidation sites excluding steroid dienone is 12. The third-order valence-corrected chi connectivity index (χ3v) is 15.1. The molecule has 6 aromatic carbocycles. The third-order valence-electron chi connectivity index (χ3n) is 15.1. The standard InChI is InChI=1S/C37H38.C33H40.C2H6.CH4/c1-10-14-26-30-21-35-31(22-34(30)36(6,7)32(26)13-4)29-19-27(25-17-15-23(5)16-18-25)28(24(11-2)12-3)20-33(29)37(35,8)9;1-4-6-8-10-16-31(30-14-11-9-12-15-30)20-17-28-18-21-32(22-19-28)33-25-23-29(24-26-33)27(3)13-7-5-2;1-2;/h10-22H,1-2H2,3-9H3;9-16,18-19,21-26,31H,4-8,17,20H2,1-3H3;1-2H3;1H4/b24-12+,26-14-,32-13+;16-10-,27-13+;;. The van der Waals surface area contributed by atoms with Gasteiger partial charge in [-0.25, -0.2) is 0 Å². The van der Waals surface area contributed by atoms with E-state index in [1.54, 1.807) is 0 Å². The lowest BCUT2D eigenvalue weighted by Gasteiger charge is -2.24. The Morgan fingerprint density at radius 1 is 0.644 bits per heavy atom. The second kappa shape index (κ2) is 26.5. The summed E-state index contributed by atoms with van der Waals surface area (Å²) in [6.45, 7) is 34.7. The van der Waals surface area contributed by atoms with Crippen molar-refractivity contribution in [3.05, 3.63) is 245 Å². The van der Waals surface area contributed by atoms with Crippen LogP contribution in [0.2, 0.25) is 0 Å². The normalized spacial score (nSPS) is 15.6. The van der Waals surface area contributed by atoms with Crippen molar-refractivity contribution in [2.24, 2.45) is 0 Å². The lowest BCUT2D eigenvalue weighted by atomic mass is 9.79. The minimum atomic E-state index is -0.109. The molecule has 0 aromatic heterocycles. The first-order valence-electron chi connectivity index (χ1n) is 27.1. The third kappa shape index (κ3) is 12.8. The molecule has 0 spiro atoms. The summed E-state index contributed by atoms with van der Waals surface area (Å²) in [5.41, 5.74) is 25.1. The van der Waals surface area contributed by atoms with Crippen LogP contribution < -0.4 is 0 Å². The summed E-state index contributed by atoms with van der Waals surface area (Å²) in [5.74, 6) is 0.485. The Morgan fingerprint density at radius 3 is 1.82 bits per heavy atom. The van der Waals surface area contributed by atoms with Gasteiger partial charge in [0.25, 0.3) is 0 Å². The van der Waals surface area contributed by atoms with E-state index in [2.05, 4.69) is 246 Å².